The third kappa shape index (κ3) is 4.16. The van der Waals surface area contributed by atoms with E-state index in [1.807, 2.05) is 42.5 Å². The van der Waals surface area contributed by atoms with Crippen LogP contribution in [-0.4, -0.2) is 27.8 Å². The summed E-state index contributed by atoms with van der Waals surface area (Å²) in [4.78, 5) is 16.1. The zero-order valence-corrected chi connectivity index (χ0v) is 16.1. The molecule has 0 aliphatic heterocycles. The first-order valence-electron chi connectivity index (χ1n) is 9.00. The number of benzene rings is 1. The van der Waals surface area contributed by atoms with E-state index in [1.165, 1.54) is 12.5 Å². The van der Waals surface area contributed by atoms with Crippen molar-refractivity contribution < 1.29 is 9.53 Å². The molecule has 1 atom stereocenters. The number of nitrogens with zero attached hydrogens (tertiary/aromatic N) is 3. The van der Waals surface area contributed by atoms with Gasteiger partial charge in [0.1, 0.15) is 11.6 Å². The number of hydrogen-bond donors (Lipinski definition) is 1. The van der Waals surface area contributed by atoms with E-state index < -0.39 is 0 Å². The molecule has 6 nitrogen and oxygen atoms in total. The Labute approximate surface area is 159 Å². The van der Waals surface area contributed by atoms with Crippen molar-refractivity contribution in [2.75, 3.05) is 12.4 Å². The summed E-state index contributed by atoms with van der Waals surface area (Å²) in [5.41, 5.74) is 2.87. The van der Waals surface area contributed by atoms with Crippen molar-refractivity contribution >= 4 is 11.7 Å². The van der Waals surface area contributed by atoms with E-state index in [0.29, 0.717) is 17.6 Å². The summed E-state index contributed by atoms with van der Waals surface area (Å²) in [6.45, 7) is 5.82. The largest absolute Gasteiger partial charge is 0.497 e. The Hall–Kier alpha value is -3.15. The maximum atomic E-state index is 11.7. The lowest BCUT2D eigenvalue weighted by atomic mass is 10.00. The number of carbonyl (C=O) groups excluding carboxylic acids is 1. The Bertz CT molecular complexity index is 932. The lowest BCUT2D eigenvalue weighted by molar-refractivity contribution is -0.114. The summed E-state index contributed by atoms with van der Waals surface area (Å²) in [5, 5.41) is 7.53. The molecule has 0 aliphatic carbocycles. The molecular weight excluding hydrogens is 340 g/mol. The average molecular weight is 364 g/mol. The van der Waals surface area contributed by atoms with Crippen molar-refractivity contribution in [1.29, 1.82) is 0 Å². The van der Waals surface area contributed by atoms with Gasteiger partial charge in [0.15, 0.2) is 5.82 Å². The number of carbonyl (C=O) groups is 1. The zero-order chi connectivity index (χ0) is 19.4. The Morgan fingerprint density at radius 3 is 2.59 bits per heavy atom. The van der Waals surface area contributed by atoms with E-state index in [0.717, 1.165) is 23.4 Å². The smallest absolute Gasteiger partial charge is 0.222 e. The molecule has 140 valence electrons. The van der Waals surface area contributed by atoms with Crippen LogP contribution in [0.3, 0.4) is 0 Å². The highest BCUT2D eigenvalue weighted by atomic mass is 16.5. The summed E-state index contributed by atoms with van der Waals surface area (Å²) in [6, 6.07) is 13.5. The summed E-state index contributed by atoms with van der Waals surface area (Å²) >= 11 is 0. The molecule has 1 aromatic carbocycles. The number of rotatable bonds is 6. The van der Waals surface area contributed by atoms with Crippen molar-refractivity contribution in [3.8, 4) is 22.8 Å². The van der Waals surface area contributed by atoms with Gasteiger partial charge in [0.2, 0.25) is 5.91 Å². The number of amides is 1. The van der Waals surface area contributed by atoms with E-state index >= 15 is 0 Å². The average Bonchev–Trinajstić information content (AvgIpc) is 3.10. The van der Waals surface area contributed by atoms with Crippen LogP contribution < -0.4 is 10.1 Å². The highest BCUT2D eigenvalue weighted by molar-refractivity contribution is 5.88. The fraction of sp³-hybridized carbons (Fsp3) is 0.286. The summed E-state index contributed by atoms with van der Waals surface area (Å²) < 4.78 is 6.88. The second kappa shape index (κ2) is 8.03. The maximum Gasteiger partial charge on any atom is 0.222 e. The van der Waals surface area contributed by atoms with E-state index in [2.05, 4.69) is 29.2 Å². The van der Waals surface area contributed by atoms with Crippen LogP contribution in [0, 0.1) is 0 Å². The fourth-order valence-corrected chi connectivity index (χ4v) is 2.82. The molecule has 0 fully saturated rings. The van der Waals surface area contributed by atoms with Crippen LogP contribution in [0.2, 0.25) is 0 Å². The topological polar surface area (TPSA) is 69.0 Å². The predicted octanol–water partition coefficient (Wildman–Crippen LogP) is 4.41. The Kier molecular flexibility index (Phi) is 5.54. The molecule has 0 bridgehead atoms. The van der Waals surface area contributed by atoms with Crippen LogP contribution in [0.15, 0.2) is 48.7 Å². The predicted molar refractivity (Wildman–Crippen MR) is 106 cm³/mol. The Morgan fingerprint density at radius 1 is 1.22 bits per heavy atom. The van der Waals surface area contributed by atoms with Gasteiger partial charge < -0.3 is 10.1 Å². The van der Waals surface area contributed by atoms with Crippen LogP contribution in [0.25, 0.3) is 17.1 Å². The number of methoxy groups -OCH3 is 1. The monoisotopic (exact) mass is 364 g/mol. The SMILES string of the molecule is CCC(C)c1ccnc(-n2nc(-c3ccc(OC)cc3)cc2NC(C)=O)c1. The van der Waals surface area contributed by atoms with Gasteiger partial charge >= 0.3 is 0 Å². The number of ether oxygens (including phenoxy) is 1. The molecule has 6 heteroatoms. The molecule has 2 aromatic heterocycles. The minimum Gasteiger partial charge on any atom is -0.497 e. The lowest BCUT2D eigenvalue weighted by Gasteiger charge is -2.11. The number of pyridine rings is 1. The van der Waals surface area contributed by atoms with Crippen molar-refractivity contribution in [2.45, 2.75) is 33.1 Å². The first kappa shape index (κ1) is 18.6. The molecule has 3 rings (SSSR count). The quantitative estimate of drug-likeness (QED) is 0.703. The van der Waals surface area contributed by atoms with Crippen molar-refractivity contribution in [3.05, 3.63) is 54.2 Å². The van der Waals surface area contributed by atoms with Crippen LogP contribution >= 0.6 is 0 Å². The number of nitrogens with one attached hydrogen (secondary N) is 1. The van der Waals surface area contributed by atoms with Gasteiger partial charge in [-0.05, 0) is 54.3 Å². The molecule has 2 heterocycles. The molecule has 1 unspecified atom stereocenters. The molecule has 27 heavy (non-hydrogen) atoms. The Morgan fingerprint density at radius 2 is 1.96 bits per heavy atom. The molecule has 0 saturated carbocycles. The van der Waals surface area contributed by atoms with Gasteiger partial charge in [-0.25, -0.2) is 4.98 Å². The molecular formula is C21H24N4O2. The minimum absolute atomic E-state index is 0.157. The zero-order valence-electron chi connectivity index (χ0n) is 16.1. The van der Waals surface area contributed by atoms with E-state index in [-0.39, 0.29) is 5.91 Å². The maximum absolute atomic E-state index is 11.7. The first-order valence-corrected chi connectivity index (χ1v) is 9.00. The second-order valence-corrected chi connectivity index (χ2v) is 6.49. The van der Waals surface area contributed by atoms with Gasteiger partial charge in [-0.1, -0.05) is 13.8 Å². The minimum atomic E-state index is -0.157. The summed E-state index contributed by atoms with van der Waals surface area (Å²) in [6.07, 6.45) is 2.82. The summed E-state index contributed by atoms with van der Waals surface area (Å²) in [7, 11) is 1.63. The van der Waals surface area contributed by atoms with Gasteiger partial charge in [0.25, 0.3) is 0 Å². The highest BCUT2D eigenvalue weighted by Gasteiger charge is 2.14. The van der Waals surface area contributed by atoms with E-state index in [4.69, 9.17) is 4.74 Å². The third-order valence-electron chi connectivity index (χ3n) is 4.57. The fourth-order valence-electron chi connectivity index (χ4n) is 2.82. The Balaban J connectivity index is 2.05. The number of hydrogen-bond acceptors (Lipinski definition) is 4. The van der Waals surface area contributed by atoms with Gasteiger partial charge in [0, 0.05) is 24.8 Å². The van der Waals surface area contributed by atoms with Crippen LogP contribution in [0.4, 0.5) is 5.82 Å². The van der Waals surface area contributed by atoms with Gasteiger partial charge in [-0.15, -0.1) is 0 Å². The number of aromatic nitrogens is 3. The van der Waals surface area contributed by atoms with Gasteiger partial charge in [-0.2, -0.15) is 9.78 Å². The first-order chi connectivity index (χ1) is 13.0. The highest BCUT2D eigenvalue weighted by Crippen LogP contribution is 2.27. The number of anilines is 1. The lowest BCUT2D eigenvalue weighted by Crippen LogP contribution is -2.12. The van der Waals surface area contributed by atoms with Gasteiger partial charge in [0.05, 0.1) is 12.8 Å². The van der Waals surface area contributed by atoms with Crippen LogP contribution in [-0.2, 0) is 4.79 Å². The van der Waals surface area contributed by atoms with Crippen LogP contribution in [0.1, 0.15) is 38.7 Å². The van der Waals surface area contributed by atoms with Gasteiger partial charge in [-0.3, -0.25) is 4.79 Å². The van der Waals surface area contributed by atoms with E-state index in [1.54, 1.807) is 18.0 Å². The molecule has 0 spiro atoms. The van der Waals surface area contributed by atoms with E-state index in [9.17, 15) is 4.79 Å². The third-order valence-corrected chi connectivity index (χ3v) is 4.57. The second-order valence-electron chi connectivity index (χ2n) is 6.49. The molecule has 1 amide bonds. The molecule has 3 aromatic rings. The van der Waals surface area contributed by atoms with Crippen molar-refractivity contribution in [2.24, 2.45) is 0 Å². The normalized spacial score (nSPS) is 11.9. The van der Waals surface area contributed by atoms with Crippen molar-refractivity contribution in [3.63, 3.8) is 0 Å². The van der Waals surface area contributed by atoms with Crippen LogP contribution in [0.5, 0.6) is 5.75 Å². The van der Waals surface area contributed by atoms with Crippen molar-refractivity contribution in [1.82, 2.24) is 14.8 Å². The standard InChI is InChI=1S/C21H24N4O2/c1-5-14(2)17-10-11-22-20(12-17)25-21(23-15(3)26)13-19(24-25)16-6-8-18(27-4)9-7-16/h6-14H,5H2,1-4H3,(H,23,26). The molecule has 0 saturated heterocycles. The summed E-state index contributed by atoms with van der Waals surface area (Å²) in [5.74, 6) is 2.31. The molecule has 0 radical (unpaired) electrons. The molecule has 1 N–H and O–H groups in total. The molecule has 0 aliphatic rings.